The van der Waals surface area contributed by atoms with Gasteiger partial charge in [-0.3, -0.25) is 4.90 Å². The van der Waals surface area contributed by atoms with Crippen LogP contribution in [0.25, 0.3) is 0 Å². The van der Waals surface area contributed by atoms with Crippen molar-refractivity contribution in [3.05, 3.63) is 23.9 Å². The maximum absolute atomic E-state index is 4.32. The molecule has 1 atom stereocenters. The standard InChI is InChI=1S/C13H22N4/c1-11-4-5-14-13(8-11)15-9-12-10-16(2)6-7-17(12)3/h4-5,8,12H,6-7,9-10H2,1-3H3,(H,14,15). The van der Waals surface area contributed by atoms with E-state index in [2.05, 4.69) is 47.2 Å². The van der Waals surface area contributed by atoms with Crippen LogP contribution in [0, 0.1) is 6.92 Å². The Balaban J connectivity index is 1.88. The number of aryl methyl sites for hydroxylation is 1. The van der Waals surface area contributed by atoms with Crippen LogP contribution in [-0.4, -0.2) is 61.1 Å². The molecule has 2 heterocycles. The molecule has 1 unspecified atom stereocenters. The third-order valence-corrected chi connectivity index (χ3v) is 3.41. The Kier molecular flexibility index (Phi) is 3.97. The van der Waals surface area contributed by atoms with E-state index >= 15 is 0 Å². The highest BCUT2D eigenvalue weighted by Gasteiger charge is 2.21. The molecule has 17 heavy (non-hydrogen) atoms. The van der Waals surface area contributed by atoms with E-state index in [0.717, 1.165) is 32.0 Å². The van der Waals surface area contributed by atoms with Crippen molar-refractivity contribution in [2.24, 2.45) is 0 Å². The second kappa shape index (κ2) is 5.47. The normalized spacial score (nSPS) is 22.6. The predicted molar refractivity (Wildman–Crippen MR) is 71.4 cm³/mol. The van der Waals surface area contributed by atoms with Crippen LogP contribution in [0.2, 0.25) is 0 Å². The lowest BCUT2D eigenvalue weighted by Crippen LogP contribution is -2.52. The summed E-state index contributed by atoms with van der Waals surface area (Å²) in [4.78, 5) is 9.13. The van der Waals surface area contributed by atoms with Crippen molar-refractivity contribution < 1.29 is 0 Å². The van der Waals surface area contributed by atoms with Crippen LogP contribution in [-0.2, 0) is 0 Å². The molecule has 1 aromatic heterocycles. The van der Waals surface area contributed by atoms with Gasteiger partial charge in [0.2, 0.25) is 0 Å². The van der Waals surface area contributed by atoms with Gasteiger partial charge in [0, 0.05) is 38.4 Å². The van der Waals surface area contributed by atoms with Gasteiger partial charge in [-0.2, -0.15) is 0 Å². The molecule has 4 nitrogen and oxygen atoms in total. The fraction of sp³-hybridized carbons (Fsp3) is 0.615. The van der Waals surface area contributed by atoms with Crippen LogP contribution in [0.4, 0.5) is 5.82 Å². The zero-order valence-corrected chi connectivity index (χ0v) is 11.0. The first-order valence-corrected chi connectivity index (χ1v) is 6.20. The second-order valence-electron chi connectivity index (χ2n) is 5.00. The zero-order valence-electron chi connectivity index (χ0n) is 11.0. The van der Waals surface area contributed by atoms with Crippen molar-refractivity contribution >= 4 is 5.82 Å². The Morgan fingerprint density at radius 1 is 1.41 bits per heavy atom. The Morgan fingerprint density at radius 2 is 2.24 bits per heavy atom. The van der Waals surface area contributed by atoms with Crippen molar-refractivity contribution in [2.75, 3.05) is 45.6 Å². The molecule has 0 aromatic carbocycles. The summed E-state index contributed by atoms with van der Waals surface area (Å²) < 4.78 is 0. The van der Waals surface area contributed by atoms with Gasteiger partial charge in [0.25, 0.3) is 0 Å². The molecule has 4 heteroatoms. The number of anilines is 1. The summed E-state index contributed by atoms with van der Waals surface area (Å²) >= 11 is 0. The van der Waals surface area contributed by atoms with Gasteiger partial charge in [0.05, 0.1) is 0 Å². The molecule has 1 N–H and O–H groups in total. The molecular formula is C13H22N4. The number of nitrogens with one attached hydrogen (secondary N) is 1. The molecule has 1 aromatic rings. The number of likely N-dealkylation sites (N-methyl/N-ethyl adjacent to an activating group) is 2. The molecule has 0 saturated carbocycles. The summed E-state index contributed by atoms with van der Waals surface area (Å²) in [7, 11) is 4.38. The van der Waals surface area contributed by atoms with Crippen LogP contribution >= 0.6 is 0 Å². The minimum absolute atomic E-state index is 0.566. The van der Waals surface area contributed by atoms with Gasteiger partial charge < -0.3 is 10.2 Å². The minimum Gasteiger partial charge on any atom is -0.368 e. The van der Waals surface area contributed by atoms with E-state index in [9.17, 15) is 0 Å². The quantitative estimate of drug-likeness (QED) is 0.847. The van der Waals surface area contributed by atoms with Crippen LogP contribution < -0.4 is 5.32 Å². The van der Waals surface area contributed by atoms with Crippen LogP contribution in [0.5, 0.6) is 0 Å². The summed E-state index contributed by atoms with van der Waals surface area (Å²) in [6.07, 6.45) is 1.86. The van der Waals surface area contributed by atoms with Crippen molar-refractivity contribution in [3.8, 4) is 0 Å². The summed E-state index contributed by atoms with van der Waals surface area (Å²) in [6, 6.07) is 4.68. The number of aromatic nitrogens is 1. The van der Waals surface area contributed by atoms with Gasteiger partial charge >= 0.3 is 0 Å². The summed E-state index contributed by atoms with van der Waals surface area (Å²) in [5, 5.41) is 3.43. The maximum Gasteiger partial charge on any atom is 0.126 e. The molecule has 1 saturated heterocycles. The number of rotatable bonds is 3. The molecule has 1 aliphatic rings. The van der Waals surface area contributed by atoms with E-state index in [4.69, 9.17) is 0 Å². The largest absolute Gasteiger partial charge is 0.368 e. The van der Waals surface area contributed by atoms with Gasteiger partial charge in [-0.1, -0.05) is 0 Å². The highest BCUT2D eigenvalue weighted by atomic mass is 15.3. The van der Waals surface area contributed by atoms with Crippen LogP contribution in [0.3, 0.4) is 0 Å². The third kappa shape index (κ3) is 3.41. The Labute approximate surface area is 104 Å². The monoisotopic (exact) mass is 234 g/mol. The molecule has 2 rings (SSSR count). The summed E-state index contributed by atoms with van der Waals surface area (Å²) in [5.74, 6) is 0.978. The lowest BCUT2D eigenvalue weighted by molar-refractivity contribution is 0.122. The SMILES string of the molecule is Cc1ccnc(NCC2CN(C)CCN2C)c1. The predicted octanol–water partition coefficient (Wildman–Crippen LogP) is 1.05. The van der Waals surface area contributed by atoms with Crippen molar-refractivity contribution in [1.29, 1.82) is 0 Å². The number of hydrogen-bond acceptors (Lipinski definition) is 4. The fourth-order valence-corrected chi connectivity index (χ4v) is 2.18. The van der Waals surface area contributed by atoms with E-state index < -0.39 is 0 Å². The first-order chi connectivity index (χ1) is 8.15. The smallest absolute Gasteiger partial charge is 0.126 e. The van der Waals surface area contributed by atoms with Gasteiger partial charge in [0.15, 0.2) is 0 Å². The lowest BCUT2D eigenvalue weighted by atomic mass is 10.2. The lowest BCUT2D eigenvalue weighted by Gasteiger charge is -2.37. The van der Waals surface area contributed by atoms with E-state index in [1.54, 1.807) is 0 Å². The summed E-state index contributed by atoms with van der Waals surface area (Å²) in [5.41, 5.74) is 1.25. The first kappa shape index (κ1) is 12.3. The van der Waals surface area contributed by atoms with Crippen molar-refractivity contribution in [1.82, 2.24) is 14.8 Å². The molecule has 0 spiro atoms. The van der Waals surface area contributed by atoms with Crippen LogP contribution in [0.1, 0.15) is 5.56 Å². The maximum atomic E-state index is 4.32. The Bertz CT molecular complexity index is 366. The van der Waals surface area contributed by atoms with E-state index in [1.165, 1.54) is 5.56 Å². The second-order valence-corrected chi connectivity index (χ2v) is 5.00. The minimum atomic E-state index is 0.566. The molecule has 0 radical (unpaired) electrons. The molecule has 1 fully saturated rings. The molecule has 1 aliphatic heterocycles. The number of hydrogen-bond donors (Lipinski definition) is 1. The topological polar surface area (TPSA) is 31.4 Å². The van der Waals surface area contributed by atoms with E-state index in [0.29, 0.717) is 6.04 Å². The van der Waals surface area contributed by atoms with Crippen LogP contribution in [0.15, 0.2) is 18.3 Å². The Hall–Kier alpha value is -1.13. The van der Waals surface area contributed by atoms with Gasteiger partial charge in [-0.15, -0.1) is 0 Å². The highest BCUT2D eigenvalue weighted by Crippen LogP contribution is 2.09. The summed E-state index contributed by atoms with van der Waals surface area (Å²) in [6.45, 7) is 6.47. The average Bonchev–Trinajstić information content (AvgIpc) is 2.30. The van der Waals surface area contributed by atoms with E-state index in [-0.39, 0.29) is 0 Å². The molecular weight excluding hydrogens is 212 g/mol. The first-order valence-electron chi connectivity index (χ1n) is 6.20. The zero-order chi connectivity index (χ0) is 12.3. The number of pyridine rings is 1. The van der Waals surface area contributed by atoms with Crippen molar-refractivity contribution in [3.63, 3.8) is 0 Å². The fourth-order valence-electron chi connectivity index (χ4n) is 2.18. The van der Waals surface area contributed by atoms with Crippen molar-refractivity contribution in [2.45, 2.75) is 13.0 Å². The van der Waals surface area contributed by atoms with Gasteiger partial charge in [0.1, 0.15) is 5.82 Å². The molecule has 94 valence electrons. The third-order valence-electron chi connectivity index (χ3n) is 3.41. The van der Waals surface area contributed by atoms with Gasteiger partial charge in [-0.05, 0) is 38.7 Å². The van der Waals surface area contributed by atoms with Gasteiger partial charge in [-0.25, -0.2) is 4.98 Å². The number of piperazine rings is 1. The molecule has 0 aliphatic carbocycles. The average molecular weight is 234 g/mol. The van der Waals surface area contributed by atoms with E-state index in [1.807, 2.05) is 12.3 Å². The molecule has 0 bridgehead atoms. The highest BCUT2D eigenvalue weighted by molar-refractivity contribution is 5.37. The Morgan fingerprint density at radius 3 is 3.00 bits per heavy atom. The molecule has 0 amide bonds. The number of nitrogens with zero attached hydrogens (tertiary/aromatic N) is 3.